The van der Waals surface area contributed by atoms with E-state index < -0.39 is 12.1 Å². The van der Waals surface area contributed by atoms with Crippen LogP contribution in [0, 0.1) is 17.8 Å². The molecule has 3 N–H and O–H groups in total. The van der Waals surface area contributed by atoms with Crippen LogP contribution in [0.15, 0.2) is 54.9 Å². The molecule has 5 atom stereocenters. The third-order valence-electron chi connectivity index (χ3n) is 7.86. The lowest BCUT2D eigenvalue weighted by atomic mass is 9.72. The number of anilines is 1. The van der Waals surface area contributed by atoms with Gasteiger partial charge in [0.15, 0.2) is 5.13 Å². The van der Waals surface area contributed by atoms with Crippen molar-refractivity contribution in [2.45, 2.75) is 57.2 Å². The first-order chi connectivity index (χ1) is 17.8. The van der Waals surface area contributed by atoms with Crippen molar-refractivity contribution in [1.29, 1.82) is 0 Å². The normalized spacial score (nSPS) is 24.5. The van der Waals surface area contributed by atoms with Crippen LogP contribution in [0.4, 0.5) is 18.3 Å². The summed E-state index contributed by atoms with van der Waals surface area (Å²) in [5.74, 6) is -0.699. The first-order valence-corrected chi connectivity index (χ1v) is 13.8. The van der Waals surface area contributed by atoms with Gasteiger partial charge in [-0.2, -0.15) is 13.2 Å². The number of thiazole rings is 1. The molecule has 2 unspecified atom stereocenters. The van der Waals surface area contributed by atoms with Crippen LogP contribution >= 0.6 is 11.3 Å². The number of benzene rings is 1. The number of nitrogens with one attached hydrogen (secondary N) is 1. The Labute approximate surface area is 220 Å². The van der Waals surface area contributed by atoms with Gasteiger partial charge in [0, 0.05) is 41.3 Å². The minimum absolute atomic E-state index is 0.0266. The Morgan fingerprint density at radius 2 is 1.97 bits per heavy atom. The fourth-order valence-corrected chi connectivity index (χ4v) is 6.81. The molecule has 2 aliphatic carbocycles. The molecule has 0 saturated heterocycles. The van der Waals surface area contributed by atoms with E-state index in [1.807, 2.05) is 37.5 Å². The maximum atomic E-state index is 13.1. The summed E-state index contributed by atoms with van der Waals surface area (Å²) < 4.78 is 39.4. The zero-order chi connectivity index (χ0) is 26.0. The first-order valence-electron chi connectivity index (χ1n) is 13.0. The van der Waals surface area contributed by atoms with Crippen molar-refractivity contribution in [1.82, 2.24) is 9.97 Å². The Kier molecular flexibility index (Phi) is 7.67. The molecule has 1 fully saturated rings. The number of alkyl halides is 3. The molecule has 2 aromatic heterocycles. The number of pyridine rings is 1. The van der Waals surface area contributed by atoms with E-state index in [4.69, 9.17) is 10.7 Å². The van der Waals surface area contributed by atoms with Crippen molar-refractivity contribution >= 4 is 22.5 Å². The SMILES string of the molecule is CC1C[C@@H](C(F)(F)F)CC[C@H]1C[C@H](N)CNc1nc(-c2ccccc2)c(C2C=Cc3cnccc3C2)s1. The van der Waals surface area contributed by atoms with Crippen LogP contribution in [0.1, 0.15) is 54.5 Å². The molecular formula is C29H33F3N4S. The zero-order valence-corrected chi connectivity index (χ0v) is 21.7. The average Bonchev–Trinajstić information content (AvgIpc) is 3.33. The van der Waals surface area contributed by atoms with E-state index >= 15 is 0 Å². The Bertz CT molecular complexity index is 1220. The topological polar surface area (TPSA) is 63.8 Å². The van der Waals surface area contributed by atoms with E-state index in [-0.39, 0.29) is 36.6 Å². The highest BCUT2D eigenvalue weighted by Crippen LogP contribution is 2.44. The Morgan fingerprint density at radius 3 is 2.73 bits per heavy atom. The molecule has 1 aromatic carbocycles. The average molecular weight is 527 g/mol. The van der Waals surface area contributed by atoms with Gasteiger partial charge in [0.05, 0.1) is 11.6 Å². The summed E-state index contributed by atoms with van der Waals surface area (Å²) in [6.07, 6.45) is 6.65. The molecule has 4 nitrogen and oxygen atoms in total. The second-order valence-electron chi connectivity index (χ2n) is 10.5. The molecule has 5 rings (SSSR count). The van der Waals surface area contributed by atoms with Gasteiger partial charge in [0.2, 0.25) is 0 Å². The Hall–Kier alpha value is -2.71. The lowest BCUT2D eigenvalue weighted by Gasteiger charge is -2.36. The lowest BCUT2D eigenvalue weighted by molar-refractivity contribution is -0.188. The molecular weight excluding hydrogens is 493 g/mol. The maximum Gasteiger partial charge on any atom is 0.391 e. The largest absolute Gasteiger partial charge is 0.391 e. The number of nitrogens with two attached hydrogens (primary N) is 1. The molecule has 8 heteroatoms. The van der Waals surface area contributed by atoms with Gasteiger partial charge in [-0.1, -0.05) is 49.4 Å². The van der Waals surface area contributed by atoms with Crippen LogP contribution in [0.5, 0.6) is 0 Å². The van der Waals surface area contributed by atoms with Gasteiger partial charge in [-0.15, -0.1) is 11.3 Å². The Balaban J connectivity index is 1.26. The van der Waals surface area contributed by atoms with Gasteiger partial charge >= 0.3 is 6.18 Å². The molecule has 37 heavy (non-hydrogen) atoms. The number of aromatic nitrogens is 2. The van der Waals surface area contributed by atoms with Crippen molar-refractivity contribution < 1.29 is 13.2 Å². The van der Waals surface area contributed by atoms with Crippen molar-refractivity contribution in [3.05, 3.63) is 70.9 Å². The van der Waals surface area contributed by atoms with Crippen LogP contribution in [0.25, 0.3) is 17.3 Å². The van der Waals surface area contributed by atoms with Crippen molar-refractivity contribution in [3.8, 4) is 11.3 Å². The number of fused-ring (bicyclic) bond motifs is 1. The van der Waals surface area contributed by atoms with Crippen LogP contribution in [0.3, 0.4) is 0 Å². The van der Waals surface area contributed by atoms with Crippen LogP contribution in [-0.2, 0) is 6.42 Å². The van der Waals surface area contributed by atoms with Crippen LogP contribution in [-0.4, -0.2) is 28.7 Å². The molecule has 196 valence electrons. The van der Waals surface area contributed by atoms with Crippen LogP contribution in [0.2, 0.25) is 0 Å². The smallest absolute Gasteiger partial charge is 0.360 e. The Morgan fingerprint density at radius 1 is 1.16 bits per heavy atom. The molecule has 3 aromatic rings. The highest BCUT2D eigenvalue weighted by Gasteiger charge is 2.43. The molecule has 0 amide bonds. The van der Waals surface area contributed by atoms with Crippen molar-refractivity contribution in [3.63, 3.8) is 0 Å². The number of rotatable bonds is 7. The first kappa shape index (κ1) is 25.9. The zero-order valence-electron chi connectivity index (χ0n) is 20.9. The minimum atomic E-state index is -4.09. The molecule has 0 radical (unpaired) electrons. The number of hydrogen-bond donors (Lipinski definition) is 2. The van der Waals surface area contributed by atoms with Gasteiger partial charge in [-0.3, -0.25) is 4.98 Å². The number of nitrogens with zero attached hydrogens (tertiary/aromatic N) is 2. The molecule has 0 bridgehead atoms. The standard InChI is InChI=1S/C29H33F3N4S/c1-18-13-24(29(30,31)32)10-9-20(18)15-25(33)17-35-28-36-26(19-5-3-2-4-6-19)27(37-28)22-7-8-23-16-34-12-11-21(23)14-22/h2-8,11-12,16,18,20,22,24-25H,9-10,13-15,17,33H2,1H3,(H,35,36)/t18?,20-,22?,24-,25-/m0/s1. The van der Waals surface area contributed by atoms with Crippen molar-refractivity contribution in [2.75, 3.05) is 11.9 Å². The third-order valence-corrected chi connectivity index (χ3v) is 9.01. The van der Waals surface area contributed by atoms with Gasteiger partial charge < -0.3 is 11.1 Å². The highest BCUT2D eigenvalue weighted by molar-refractivity contribution is 7.16. The monoisotopic (exact) mass is 526 g/mol. The summed E-state index contributed by atoms with van der Waals surface area (Å²) in [5, 5.41) is 4.26. The second-order valence-corrected chi connectivity index (χ2v) is 11.5. The van der Waals surface area contributed by atoms with E-state index in [1.165, 1.54) is 10.4 Å². The quantitative estimate of drug-likeness (QED) is 0.339. The van der Waals surface area contributed by atoms with E-state index in [9.17, 15) is 13.2 Å². The fraction of sp³-hybridized carbons (Fsp3) is 0.448. The minimum Gasteiger partial charge on any atom is -0.360 e. The van der Waals surface area contributed by atoms with Crippen LogP contribution < -0.4 is 11.1 Å². The lowest BCUT2D eigenvalue weighted by Crippen LogP contribution is -2.37. The molecule has 2 aliphatic rings. The molecule has 1 saturated carbocycles. The molecule has 0 spiro atoms. The highest BCUT2D eigenvalue weighted by atomic mass is 32.1. The summed E-state index contributed by atoms with van der Waals surface area (Å²) in [4.78, 5) is 10.4. The van der Waals surface area contributed by atoms with E-state index in [0.717, 1.165) is 34.8 Å². The summed E-state index contributed by atoms with van der Waals surface area (Å²) in [5.41, 5.74) is 11.0. The molecule has 2 heterocycles. The van der Waals surface area contributed by atoms with Gasteiger partial charge in [0.1, 0.15) is 0 Å². The number of allylic oxidation sites excluding steroid dienone is 1. The predicted molar refractivity (Wildman–Crippen MR) is 144 cm³/mol. The van der Waals surface area contributed by atoms with E-state index in [2.05, 4.69) is 40.7 Å². The van der Waals surface area contributed by atoms with Gasteiger partial charge in [-0.05, 0) is 61.1 Å². The summed E-state index contributed by atoms with van der Waals surface area (Å²) in [6, 6.07) is 12.1. The van der Waals surface area contributed by atoms with E-state index in [0.29, 0.717) is 13.0 Å². The fourth-order valence-electron chi connectivity index (χ4n) is 5.73. The summed E-state index contributed by atoms with van der Waals surface area (Å²) in [6.45, 7) is 2.48. The molecule has 0 aliphatic heterocycles. The summed E-state index contributed by atoms with van der Waals surface area (Å²) in [7, 11) is 0. The summed E-state index contributed by atoms with van der Waals surface area (Å²) >= 11 is 1.66. The number of hydrogen-bond acceptors (Lipinski definition) is 5. The third kappa shape index (κ3) is 6.07. The van der Waals surface area contributed by atoms with Crippen molar-refractivity contribution in [2.24, 2.45) is 23.5 Å². The predicted octanol–water partition coefficient (Wildman–Crippen LogP) is 7.30. The second kappa shape index (κ2) is 11.0. The van der Waals surface area contributed by atoms with Gasteiger partial charge in [0.25, 0.3) is 0 Å². The number of halogens is 3. The van der Waals surface area contributed by atoms with E-state index in [1.54, 1.807) is 11.3 Å². The van der Waals surface area contributed by atoms with Gasteiger partial charge in [-0.25, -0.2) is 4.98 Å². The maximum absolute atomic E-state index is 13.1.